The Morgan fingerprint density at radius 2 is 0.922 bits per heavy atom. The average molecular weight is 1270 g/mol. The molecule has 3 aliphatic rings. The Kier molecular flexibility index (Phi) is 25.6. The molecule has 90 heavy (non-hydrogen) atoms. The summed E-state index contributed by atoms with van der Waals surface area (Å²) in [5, 5.41) is 21.2. The predicted octanol–water partition coefficient (Wildman–Crippen LogP) is 11.9. The third kappa shape index (κ3) is 21.0. The van der Waals surface area contributed by atoms with Crippen molar-refractivity contribution in [3.8, 4) is 17.2 Å². The van der Waals surface area contributed by atoms with Crippen molar-refractivity contribution in [2.75, 3.05) is 77.0 Å². The molecule has 0 radical (unpaired) electrons. The molecule has 1 aliphatic heterocycles. The van der Waals surface area contributed by atoms with Crippen LogP contribution in [-0.2, 0) is 53.7 Å². The van der Waals surface area contributed by atoms with Crippen LogP contribution >= 0.6 is 0 Å². The number of sulfonamides is 2. The van der Waals surface area contributed by atoms with Crippen LogP contribution in [0.4, 0.5) is 17.1 Å². The number of rotatable bonds is 25. The Morgan fingerprint density at radius 1 is 0.544 bits per heavy atom. The summed E-state index contributed by atoms with van der Waals surface area (Å²) in [4.78, 5) is 58.0. The molecule has 3 N–H and O–H groups in total. The number of anilines is 2. The molecule has 0 spiro atoms. The molecule has 19 nitrogen and oxygen atoms in total. The minimum Gasteiger partial charge on any atom is -0.508 e. The number of para-hydroxylation sites is 3. The van der Waals surface area contributed by atoms with Gasteiger partial charge in [-0.25, -0.2) is 16.8 Å². The molecule has 2 aliphatic carbocycles. The van der Waals surface area contributed by atoms with Crippen LogP contribution in [0, 0.1) is 22.0 Å². The number of nitro groups is 1. The lowest BCUT2D eigenvalue weighted by Gasteiger charge is -2.32. The van der Waals surface area contributed by atoms with Gasteiger partial charge in [-0.3, -0.25) is 33.9 Å². The molecule has 3 amide bonds. The van der Waals surface area contributed by atoms with Crippen molar-refractivity contribution in [2.45, 2.75) is 114 Å². The molecule has 0 bridgehead atoms. The molecule has 3 unspecified atom stereocenters. The first-order chi connectivity index (χ1) is 43.0. The highest BCUT2D eigenvalue weighted by atomic mass is 32.2. The van der Waals surface area contributed by atoms with Crippen molar-refractivity contribution >= 4 is 54.8 Å². The lowest BCUT2D eigenvalue weighted by atomic mass is 9.92. The van der Waals surface area contributed by atoms with Crippen LogP contribution in [0.5, 0.6) is 17.2 Å². The van der Waals surface area contributed by atoms with Gasteiger partial charge in [0.05, 0.1) is 80.4 Å². The fourth-order valence-electron chi connectivity index (χ4n) is 12.4. The number of methoxy groups -OCH3 is 2. The Morgan fingerprint density at radius 3 is 1.34 bits per heavy atom. The van der Waals surface area contributed by atoms with E-state index in [0.717, 1.165) is 73.2 Å². The van der Waals surface area contributed by atoms with Crippen LogP contribution < -0.4 is 18.9 Å². The van der Waals surface area contributed by atoms with Gasteiger partial charge in [0.15, 0.2) is 0 Å². The first kappa shape index (κ1) is 69.5. The summed E-state index contributed by atoms with van der Waals surface area (Å²) in [6.45, 7) is 2.77. The van der Waals surface area contributed by atoms with E-state index in [1.807, 2.05) is 72.6 Å². The van der Waals surface area contributed by atoms with Gasteiger partial charge < -0.3 is 34.2 Å². The number of hydrogen-bond acceptors (Lipinski definition) is 13. The molecule has 0 aromatic heterocycles. The second kappa shape index (κ2) is 33.2. The maximum atomic E-state index is 13.3. The fraction of sp³-hybridized carbons (Fsp3) is 0.435. The Bertz CT molecular complexity index is 3590. The van der Waals surface area contributed by atoms with Crippen LogP contribution in [0.3, 0.4) is 0 Å². The molecule has 1 saturated heterocycles. The van der Waals surface area contributed by atoms with E-state index >= 15 is 0 Å². The van der Waals surface area contributed by atoms with E-state index in [4.69, 9.17) is 9.47 Å². The molecule has 1 heterocycles. The zero-order chi connectivity index (χ0) is 65.0. The Balaban J connectivity index is 0.000000192. The number of benzene rings is 6. The number of nitro benzene ring substituents is 1. The van der Waals surface area contributed by atoms with Crippen LogP contribution in [0.15, 0.2) is 146 Å². The minimum absolute atomic E-state index is 0.00583. The minimum atomic E-state index is -3.44. The summed E-state index contributed by atoms with van der Waals surface area (Å²) in [5.74, 6) is 2.58. The standard InChI is InChI=1S/C24H32N2O4S.C23H30N2O4S.C22H27N3O4/c1-26(24(27)17-19-11-6-7-14-22(19)25-31(3,28)29)23(15-18-9-4-5-10-18)20-12-8-13-21(16-20)30-2;1-25(23(27)16-18-10-5-6-13-21(18)24-30(2,28)29)22(14-17-8-3-4-9-17)19-11-7-12-20(26)15-19;1-23(22(26)15-18-8-3-4-11-20(18)25(27)28)21(16-24-12-5-6-13-24)17-9-7-10-19(14-17)29-2/h6-8,11-14,16,18,23,25H,4-5,9-10,15,17H2,1-3H3;5-7,10-13,15,17,22,24,26H,3-4,8-9,14,16H2,1-2H3;3-4,7-11,14,21H,5-6,12-13,15-16H2,1-2H3. The summed E-state index contributed by atoms with van der Waals surface area (Å²) in [6, 6.07) is 42.8. The summed E-state index contributed by atoms with van der Waals surface area (Å²) >= 11 is 0. The van der Waals surface area contributed by atoms with E-state index < -0.39 is 25.0 Å². The first-order valence-electron chi connectivity index (χ1n) is 30.9. The summed E-state index contributed by atoms with van der Waals surface area (Å²) in [6.07, 6.45) is 16.2. The van der Waals surface area contributed by atoms with Gasteiger partial charge in [-0.05, 0) is 127 Å². The topological polar surface area (TPSA) is 238 Å². The third-order valence-corrected chi connectivity index (χ3v) is 18.5. The highest BCUT2D eigenvalue weighted by molar-refractivity contribution is 7.92. The van der Waals surface area contributed by atoms with Crippen molar-refractivity contribution in [1.82, 2.24) is 19.6 Å². The number of likely N-dealkylation sites (tertiary alicyclic amines) is 1. The molecule has 6 aromatic rings. The SMILES string of the molecule is CN(C(=O)Cc1ccccc1NS(C)(=O)=O)C(CC1CCCC1)c1cccc(O)c1.COc1cccc(C(CC2CCCC2)N(C)C(=O)Cc2ccccc2NS(C)(=O)=O)c1.COc1cccc(C(CN2CCCC2)N(C)C(=O)Cc2ccccc2[N+](=O)[O-])c1. The molecule has 6 aromatic carbocycles. The number of likely N-dealkylation sites (N-methyl/N-ethyl adjacent to an activating group) is 3. The lowest BCUT2D eigenvalue weighted by Crippen LogP contribution is -2.39. The fourth-order valence-corrected chi connectivity index (χ4v) is 13.6. The monoisotopic (exact) mass is 1270 g/mol. The van der Waals surface area contributed by atoms with Crippen molar-refractivity contribution in [2.24, 2.45) is 11.8 Å². The molecule has 9 rings (SSSR count). The van der Waals surface area contributed by atoms with Crippen molar-refractivity contribution in [3.05, 3.63) is 189 Å². The molecule has 3 fully saturated rings. The number of amides is 3. The number of phenolic OH excluding ortho intramolecular Hbond substituents is 1. The van der Waals surface area contributed by atoms with Crippen molar-refractivity contribution in [3.63, 3.8) is 0 Å². The third-order valence-electron chi connectivity index (χ3n) is 17.3. The quantitative estimate of drug-likeness (QED) is 0.0357. The van der Waals surface area contributed by atoms with E-state index in [2.05, 4.69) is 14.3 Å². The van der Waals surface area contributed by atoms with Crippen LogP contribution in [0.2, 0.25) is 0 Å². The van der Waals surface area contributed by atoms with E-state index in [0.29, 0.717) is 39.9 Å². The smallest absolute Gasteiger partial charge is 0.273 e. The largest absolute Gasteiger partial charge is 0.508 e. The van der Waals surface area contributed by atoms with Gasteiger partial charge in [0.25, 0.3) is 5.69 Å². The van der Waals surface area contributed by atoms with Crippen LogP contribution in [0.25, 0.3) is 0 Å². The first-order valence-corrected chi connectivity index (χ1v) is 34.7. The number of carbonyl (C=O) groups is 3. The molecule has 21 heteroatoms. The number of nitrogens with zero attached hydrogens (tertiary/aromatic N) is 5. The normalized spacial score (nSPS) is 15.4. The number of hydrogen-bond donors (Lipinski definition) is 3. The summed E-state index contributed by atoms with van der Waals surface area (Å²) in [5.41, 5.74) is 5.54. The van der Waals surface area contributed by atoms with Gasteiger partial charge in [-0.15, -0.1) is 0 Å². The number of aromatic hydroxyl groups is 1. The predicted molar refractivity (Wildman–Crippen MR) is 353 cm³/mol. The zero-order valence-corrected chi connectivity index (χ0v) is 54.6. The average Bonchev–Trinajstić information content (AvgIpc) is 2.10. The highest BCUT2D eigenvalue weighted by Crippen LogP contribution is 2.39. The Hall–Kier alpha value is -8.01. The number of ether oxygens (including phenoxy) is 2. The van der Waals surface area contributed by atoms with Gasteiger partial charge in [-0.1, -0.05) is 142 Å². The second-order valence-electron chi connectivity index (χ2n) is 24.0. The van der Waals surface area contributed by atoms with E-state index in [-0.39, 0.29) is 66.5 Å². The van der Waals surface area contributed by atoms with Gasteiger partial charge in [0.2, 0.25) is 37.8 Å². The molecular weight excluding hydrogens is 1180 g/mol. The van der Waals surface area contributed by atoms with Gasteiger partial charge in [0.1, 0.15) is 17.2 Å². The van der Waals surface area contributed by atoms with Gasteiger partial charge in [-0.2, -0.15) is 0 Å². The molecule has 3 atom stereocenters. The summed E-state index contributed by atoms with van der Waals surface area (Å²) in [7, 11) is 1.81. The maximum absolute atomic E-state index is 13.3. The van der Waals surface area contributed by atoms with Gasteiger partial charge >= 0.3 is 0 Å². The lowest BCUT2D eigenvalue weighted by molar-refractivity contribution is -0.385. The van der Waals surface area contributed by atoms with E-state index in [9.17, 15) is 46.4 Å². The Labute approximate surface area is 532 Å². The van der Waals surface area contributed by atoms with Crippen LogP contribution in [0.1, 0.15) is 129 Å². The molecule has 484 valence electrons. The van der Waals surface area contributed by atoms with Crippen molar-refractivity contribution in [1.29, 1.82) is 0 Å². The maximum Gasteiger partial charge on any atom is 0.273 e. The number of nitrogens with one attached hydrogen (secondary N) is 2. The number of phenols is 1. The van der Waals surface area contributed by atoms with E-state index in [1.54, 1.807) is 117 Å². The zero-order valence-electron chi connectivity index (χ0n) is 53.0. The highest BCUT2D eigenvalue weighted by Gasteiger charge is 2.31. The molecular formula is C69H89N7O12S2. The summed E-state index contributed by atoms with van der Waals surface area (Å²) < 4.78 is 62.5. The van der Waals surface area contributed by atoms with E-state index in [1.165, 1.54) is 70.3 Å². The van der Waals surface area contributed by atoms with Crippen LogP contribution in [-0.4, -0.2) is 132 Å². The number of carbonyl (C=O) groups excluding carboxylic acids is 3. The van der Waals surface area contributed by atoms with Crippen molar-refractivity contribution < 1.29 is 50.7 Å². The molecule has 2 saturated carbocycles. The second-order valence-corrected chi connectivity index (χ2v) is 27.5. The van der Waals surface area contributed by atoms with Gasteiger partial charge in [0, 0.05) is 39.3 Å².